The summed E-state index contributed by atoms with van der Waals surface area (Å²) in [4.78, 5) is 96.8. The molecule has 4 aliphatic heterocycles. The third kappa shape index (κ3) is 33.3. The van der Waals surface area contributed by atoms with Crippen LogP contribution < -0.4 is 70.8 Å². The average molecular weight is 1670 g/mol. The predicted molar refractivity (Wildman–Crippen MR) is 486 cm³/mol. The lowest BCUT2D eigenvalue weighted by Crippen LogP contribution is -2.47. The fourth-order valence-electron chi connectivity index (χ4n) is 14.7. The fraction of sp³-hybridized carbons (Fsp3) is 0.626. The Morgan fingerprint density at radius 1 is 0.438 bits per heavy atom. The molecule has 0 radical (unpaired) electrons. The molecule has 0 bridgehead atoms. The SMILES string of the molecule is CCCCc1cc(N[C@@H](CC(C)C)C(=O)NCCCOCC)nc(N2CCCN(c3ccc([N+](=O)[O-])cc3)CC2)n1.CCCCc1cc(N[C@@H](CC(C)C)C(=O)NCCCOCC)nc(N2CCN(c3ccc4c(c3)OCO4)CC2)n1.[C-]#[N+]c1ccc(N2CCCN(c3nc(CCCC)cc(N[C@@H](CC(C)C)C(=O)NCCCOCC)n3)CC2)cc1. The summed E-state index contributed by atoms with van der Waals surface area (Å²) in [6.45, 7) is 48.3. The molecule has 10 rings (SSSR count). The van der Waals surface area contributed by atoms with Crippen LogP contribution in [0.2, 0.25) is 0 Å². The van der Waals surface area contributed by atoms with Crippen molar-refractivity contribution in [2.75, 3.05) is 190 Å². The molecule has 664 valence electrons. The van der Waals surface area contributed by atoms with Crippen molar-refractivity contribution in [1.82, 2.24) is 45.9 Å². The van der Waals surface area contributed by atoms with E-state index in [0.717, 1.165) is 232 Å². The molecule has 30 nitrogen and oxygen atoms in total. The first kappa shape index (κ1) is 96.3. The standard InChI is InChI=1S/C31H47N7O2.C30H47N7O4.C30H46N6O4/c1-6-8-11-26-23-29(35-28(22-24(3)4)30(39)33-16-9-21-40-7-2)36-31(34-26)38-18-10-17-37(19-20-38)27-14-12-25(32-5)13-15-27;1-5-7-10-24-22-28(33-27(21-23(3)4)29(38)31-15-8-20-41-6-2)34-30(32-24)36-17-9-16-35(18-19-36)25-11-13-26(14-12-25)37(39)40;1-5-7-9-23-19-28(33-25(18-22(3)4)29(37)31-12-8-17-38-6-2)34-30(32-23)36-15-13-35(14-16-36)24-10-11-26-27(20-24)40-21-39-26/h12-15,23-24,28H,6-11,16-22H2,1-4H3,(H,33,39)(H,34,35,36);11-14,22-23,27H,5-10,15-21H2,1-4H3,(H,31,38)(H,32,33,34);10-11,19-20,22,25H,5-9,12-18,21H2,1-4H3,(H,31,37)(H,32,33,34)/t28-;27-;25-/m000/s1. The number of nitro groups is 1. The Morgan fingerprint density at radius 2 is 0.769 bits per heavy atom. The molecular weight excluding hydrogens is 1530 g/mol. The first-order valence-corrected chi connectivity index (χ1v) is 44.8. The molecule has 3 aromatic heterocycles. The van der Waals surface area contributed by atoms with E-state index in [4.69, 9.17) is 60.2 Å². The molecule has 0 spiro atoms. The van der Waals surface area contributed by atoms with Crippen LogP contribution in [0.1, 0.15) is 190 Å². The van der Waals surface area contributed by atoms with Crippen LogP contribution in [-0.4, -0.2) is 215 Å². The number of aryl methyl sites for hydroxylation is 3. The molecule has 0 aliphatic carbocycles. The van der Waals surface area contributed by atoms with Crippen LogP contribution in [0.5, 0.6) is 11.5 Å². The van der Waals surface area contributed by atoms with E-state index in [2.05, 4.69) is 141 Å². The second-order valence-electron chi connectivity index (χ2n) is 32.5. The van der Waals surface area contributed by atoms with E-state index < -0.39 is 6.04 Å². The summed E-state index contributed by atoms with van der Waals surface area (Å²) in [7, 11) is 0. The van der Waals surface area contributed by atoms with Crippen molar-refractivity contribution in [3.8, 4) is 11.5 Å². The largest absolute Gasteiger partial charge is 0.454 e. The zero-order valence-electron chi connectivity index (χ0n) is 74.5. The highest BCUT2D eigenvalue weighted by Crippen LogP contribution is 2.37. The number of unbranched alkanes of at least 4 members (excludes halogenated alkanes) is 3. The topological polar surface area (TPSA) is 314 Å². The number of nitrogens with zero attached hydrogens (tertiary/aromatic N) is 14. The minimum absolute atomic E-state index is 0.00203. The number of nitro benzene ring substituents is 1. The third-order valence-corrected chi connectivity index (χ3v) is 21.2. The number of hydrogen-bond donors (Lipinski definition) is 6. The minimum Gasteiger partial charge on any atom is -0.454 e. The summed E-state index contributed by atoms with van der Waals surface area (Å²) in [6, 6.07) is 25.6. The number of ether oxygens (including phenoxy) is 5. The zero-order valence-corrected chi connectivity index (χ0v) is 74.5. The molecule has 6 N–H and O–H groups in total. The molecule has 7 heterocycles. The van der Waals surface area contributed by atoms with E-state index in [0.29, 0.717) is 119 Å². The van der Waals surface area contributed by atoms with Gasteiger partial charge in [-0.25, -0.2) is 19.8 Å². The molecule has 3 atom stereocenters. The number of nitrogens with one attached hydrogen (secondary N) is 6. The number of carbonyl (C=O) groups is 3. The molecule has 3 amide bonds. The van der Waals surface area contributed by atoms with Gasteiger partial charge in [0.05, 0.1) is 11.5 Å². The van der Waals surface area contributed by atoms with Crippen molar-refractivity contribution < 1.29 is 43.0 Å². The van der Waals surface area contributed by atoms with Gasteiger partial charge in [-0.1, -0.05) is 93.7 Å². The molecular formula is C91H140N20O10. The van der Waals surface area contributed by atoms with Gasteiger partial charge in [0, 0.05) is 208 Å². The van der Waals surface area contributed by atoms with E-state index in [1.807, 2.05) is 81.4 Å². The molecule has 3 aromatic carbocycles. The van der Waals surface area contributed by atoms with Crippen LogP contribution in [0, 0.1) is 34.4 Å². The van der Waals surface area contributed by atoms with Crippen LogP contribution in [-0.2, 0) is 47.9 Å². The quantitative estimate of drug-likeness (QED) is 0.00895. The molecule has 3 saturated heterocycles. The van der Waals surface area contributed by atoms with Crippen LogP contribution in [0.3, 0.4) is 0 Å². The third-order valence-electron chi connectivity index (χ3n) is 21.2. The number of fused-ring (bicyclic) bond motifs is 1. The van der Waals surface area contributed by atoms with Crippen molar-refractivity contribution in [3.63, 3.8) is 0 Å². The van der Waals surface area contributed by atoms with Gasteiger partial charge < -0.3 is 85.0 Å². The summed E-state index contributed by atoms with van der Waals surface area (Å²) in [5.74, 6) is 6.83. The monoisotopic (exact) mass is 1670 g/mol. The maximum absolute atomic E-state index is 13.1. The number of non-ortho nitro benzene ring substituents is 1. The number of aromatic nitrogens is 6. The Bertz CT molecular complexity index is 4090. The van der Waals surface area contributed by atoms with Crippen molar-refractivity contribution in [3.05, 3.63) is 124 Å². The Hall–Kier alpha value is -10.1. The lowest BCUT2D eigenvalue weighted by molar-refractivity contribution is -0.384. The highest BCUT2D eigenvalue weighted by Gasteiger charge is 2.29. The molecule has 4 aliphatic rings. The smallest absolute Gasteiger partial charge is 0.269 e. The van der Waals surface area contributed by atoms with E-state index in [1.54, 1.807) is 12.1 Å². The van der Waals surface area contributed by atoms with Gasteiger partial charge in [-0.2, -0.15) is 15.0 Å². The summed E-state index contributed by atoms with van der Waals surface area (Å²) in [5.41, 5.74) is 6.98. The Labute approximate surface area is 719 Å². The summed E-state index contributed by atoms with van der Waals surface area (Å²) >= 11 is 0. The van der Waals surface area contributed by atoms with Crippen LogP contribution >= 0.6 is 0 Å². The number of hydrogen-bond acceptors (Lipinski definition) is 25. The van der Waals surface area contributed by atoms with Crippen molar-refractivity contribution in [1.29, 1.82) is 0 Å². The van der Waals surface area contributed by atoms with Gasteiger partial charge in [-0.15, -0.1) is 0 Å². The van der Waals surface area contributed by atoms with Crippen molar-refractivity contribution in [2.45, 2.75) is 210 Å². The number of benzene rings is 3. The predicted octanol–water partition coefficient (Wildman–Crippen LogP) is 14.5. The number of carbonyl (C=O) groups excluding carboxylic acids is 3. The average Bonchev–Trinajstić information content (AvgIpc) is 1.81. The number of anilines is 9. The van der Waals surface area contributed by atoms with E-state index in [9.17, 15) is 24.5 Å². The van der Waals surface area contributed by atoms with Crippen LogP contribution in [0.15, 0.2) is 84.9 Å². The normalized spacial score (nSPS) is 14.8. The van der Waals surface area contributed by atoms with Gasteiger partial charge in [0.2, 0.25) is 42.4 Å². The van der Waals surface area contributed by atoms with E-state index in [1.165, 1.54) is 0 Å². The molecule has 0 saturated carbocycles. The summed E-state index contributed by atoms with van der Waals surface area (Å²) in [5, 5.41) is 30.6. The van der Waals surface area contributed by atoms with Gasteiger partial charge in [0.15, 0.2) is 17.2 Å². The van der Waals surface area contributed by atoms with Crippen molar-refractivity contribution in [2.24, 2.45) is 17.8 Å². The molecule has 30 heteroatoms. The van der Waals surface area contributed by atoms with Gasteiger partial charge in [0.1, 0.15) is 35.6 Å². The molecule has 6 aromatic rings. The second-order valence-corrected chi connectivity index (χ2v) is 32.5. The van der Waals surface area contributed by atoms with Gasteiger partial charge in [-0.05, 0) is 165 Å². The van der Waals surface area contributed by atoms with Gasteiger partial charge >= 0.3 is 0 Å². The maximum Gasteiger partial charge on any atom is 0.269 e. The fourth-order valence-corrected chi connectivity index (χ4v) is 14.7. The summed E-state index contributed by atoms with van der Waals surface area (Å²) in [6.07, 6.45) is 15.4. The van der Waals surface area contributed by atoms with Gasteiger partial charge in [0.25, 0.3) is 5.69 Å². The molecule has 121 heavy (non-hydrogen) atoms. The lowest BCUT2D eigenvalue weighted by Gasteiger charge is -2.36. The van der Waals surface area contributed by atoms with E-state index >= 15 is 0 Å². The summed E-state index contributed by atoms with van der Waals surface area (Å²) < 4.78 is 27.2. The first-order chi connectivity index (χ1) is 58.7. The van der Waals surface area contributed by atoms with Crippen LogP contribution in [0.4, 0.5) is 63.7 Å². The first-order valence-electron chi connectivity index (χ1n) is 44.8. The van der Waals surface area contributed by atoms with Crippen LogP contribution in [0.25, 0.3) is 4.85 Å². The number of piperazine rings is 1. The number of rotatable bonds is 46. The minimum atomic E-state index is -0.398. The Morgan fingerprint density at radius 3 is 1.12 bits per heavy atom. The highest BCUT2D eigenvalue weighted by atomic mass is 16.7. The van der Waals surface area contributed by atoms with Gasteiger partial charge in [-0.3, -0.25) is 24.5 Å². The number of amides is 3. The van der Waals surface area contributed by atoms with Crippen molar-refractivity contribution >= 4 is 81.5 Å². The maximum atomic E-state index is 13.1. The van der Waals surface area contributed by atoms with E-state index in [-0.39, 0.29) is 47.2 Å². The molecule has 3 fully saturated rings. The second kappa shape index (κ2) is 52.9. The Balaban J connectivity index is 0.000000226. The Kier molecular flexibility index (Phi) is 42.1. The highest BCUT2D eigenvalue weighted by molar-refractivity contribution is 5.86. The lowest BCUT2D eigenvalue weighted by atomic mass is 10.0. The molecule has 0 unspecified atom stereocenters. The zero-order chi connectivity index (χ0) is 86.7.